The molecule has 3 heterocycles. The molecule has 4 aromatic rings. The van der Waals surface area contributed by atoms with Gasteiger partial charge in [-0.05, 0) is 46.9 Å². The molecule has 2 aliphatic heterocycles. The van der Waals surface area contributed by atoms with E-state index in [1.54, 1.807) is 6.07 Å². The third-order valence-corrected chi connectivity index (χ3v) is 11.5. The fourth-order valence-electron chi connectivity index (χ4n) is 5.87. The Hall–Kier alpha value is -3.58. The molecule has 1 aromatic heterocycles. The number of anilines is 2. The van der Waals surface area contributed by atoms with Crippen LogP contribution in [0.25, 0.3) is 0 Å². The van der Waals surface area contributed by atoms with Gasteiger partial charge in [0, 0.05) is 16.5 Å². The number of imide groups is 1. The standard InChI is InChI=1S/C33H26Cl2F3N3O4S2/c1-32(2,3)17-10-8-16(9-11-17)24-25-26(29(44)41(28(25)43)22-7-5-4-6-19(22)33(36,37)38)46-30-27(24)47-31(45)40(30)15-23(42)39-18-12-13-20(34)21(35)14-18/h4-14,24-26H,15H2,1-3H3,(H,39,42). The lowest BCUT2D eigenvalue weighted by Crippen LogP contribution is -2.33. The van der Waals surface area contributed by atoms with Gasteiger partial charge in [-0.25, -0.2) is 4.90 Å². The van der Waals surface area contributed by atoms with Gasteiger partial charge in [0.1, 0.15) is 11.8 Å². The SMILES string of the molecule is CC(C)(C)c1ccc(C2c3sc(=O)n(CC(=O)Nc4ccc(Cl)c(Cl)c4)c3SC3C(=O)N(c4ccccc4C(F)(F)F)C(=O)C32)cc1. The van der Waals surface area contributed by atoms with E-state index in [4.69, 9.17) is 23.2 Å². The van der Waals surface area contributed by atoms with Gasteiger partial charge in [-0.1, -0.05) is 103 Å². The number of aromatic nitrogens is 1. The maximum atomic E-state index is 14.1. The summed E-state index contributed by atoms with van der Waals surface area (Å²) in [6.45, 7) is 5.69. The van der Waals surface area contributed by atoms with Crippen molar-refractivity contribution in [2.45, 2.75) is 55.1 Å². The lowest BCUT2D eigenvalue weighted by Gasteiger charge is -2.31. The summed E-state index contributed by atoms with van der Waals surface area (Å²) in [7, 11) is 0. The summed E-state index contributed by atoms with van der Waals surface area (Å²) in [4.78, 5) is 55.2. The zero-order valence-electron chi connectivity index (χ0n) is 25.0. The predicted molar refractivity (Wildman–Crippen MR) is 178 cm³/mol. The molecular formula is C33H26Cl2F3N3O4S2. The average molecular weight is 721 g/mol. The van der Waals surface area contributed by atoms with E-state index in [0.717, 1.165) is 40.8 Å². The normalized spacial score (nSPS) is 19.5. The lowest BCUT2D eigenvalue weighted by atomic mass is 9.81. The van der Waals surface area contributed by atoms with Crippen LogP contribution >= 0.6 is 46.3 Å². The number of rotatable bonds is 5. The minimum absolute atomic E-state index is 0.193. The maximum Gasteiger partial charge on any atom is 0.418 e. The predicted octanol–water partition coefficient (Wildman–Crippen LogP) is 7.97. The lowest BCUT2D eigenvalue weighted by molar-refractivity contribution is -0.137. The van der Waals surface area contributed by atoms with Gasteiger partial charge in [-0.2, -0.15) is 13.2 Å². The second-order valence-corrected chi connectivity index (χ2v) is 15.2. The molecule has 1 saturated heterocycles. The highest BCUT2D eigenvalue weighted by molar-refractivity contribution is 8.00. The number of carbonyl (C=O) groups is 3. The first kappa shape index (κ1) is 33.3. The van der Waals surface area contributed by atoms with Crippen LogP contribution in [0, 0.1) is 5.92 Å². The minimum atomic E-state index is -4.82. The summed E-state index contributed by atoms with van der Waals surface area (Å²) in [6.07, 6.45) is -4.82. The van der Waals surface area contributed by atoms with Gasteiger partial charge in [-0.15, -0.1) is 0 Å². The topological polar surface area (TPSA) is 88.5 Å². The molecule has 244 valence electrons. The molecule has 0 spiro atoms. The van der Waals surface area contributed by atoms with Gasteiger partial charge in [0.25, 0.3) is 0 Å². The summed E-state index contributed by atoms with van der Waals surface area (Å²) in [5, 5.41) is 2.35. The first-order chi connectivity index (χ1) is 22.1. The number of benzene rings is 3. The van der Waals surface area contributed by atoms with E-state index < -0.39 is 63.7 Å². The molecule has 3 atom stereocenters. The number of thiazole rings is 1. The number of hydrogen-bond acceptors (Lipinski definition) is 6. The van der Waals surface area contributed by atoms with Crippen molar-refractivity contribution in [3.05, 3.63) is 108 Å². The van der Waals surface area contributed by atoms with Gasteiger partial charge in [0.2, 0.25) is 17.7 Å². The second-order valence-electron chi connectivity index (χ2n) is 12.2. The monoisotopic (exact) mass is 719 g/mol. The Morgan fingerprint density at radius 3 is 2.23 bits per heavy atom. The average Bonchev–Trinajstić information content (AvgIpc) is 3.44. The van der Waals surface area contributed by atoms with E-state index in [1.165, 1.54) is 28.8 Å². The van der Waals surface area contributed by atoms with E-state index in [0.29, 0.717) is 31.1 Å². The molecule has 1 N–H and O–H groups in total. The van der Waals surface area contributed by atoms with Crippen LogP contribution in [0.5, 0.6) is 0 Å². The molecule has 1 fully saturated rings. The molecule has 3 aromatic carbocycles. The molecule has 2 aliphatic rings. The van der Waals surface area contributed by atoms with Crippen LogP contribution < -0.4 is 15.1 Å². The van der Waals surface area contributed by atoms with Crippen molar-refractivity contribution in [3.8, 4) is 0 Å². The molecule has 47 heavy (non-hydrogen) atoms. The van der Waals surface area contributed by atoms with Gasteiger partial charge >= 0.3 is 11.0 Å². The molecule has 0 saturated carbocycles. The summed E-state index contributed by atoms with van der Waals surface area (Å²) in [6, 6.07) is 16.4. The number of nitrogens with one attached hydrogen (secondary N) is 1. The third-order valence-electron chi connectivity index (χ3n) is 8.14. The van der Waals surface area contributed by atoms with Gasteiger partial charge < -0.3 is 5.32 Å². The van der Waals surface area contributed by atoms with E-state index in [2.05, 4.69) is 5.32 Å². The van der Waals surface area contributed by atoms with E-state index in [9.17, 15) is 32.3 Å². The zero-order valence-corrected chi connectivity index (χ0v) is 28.2. The molecule has 3 unspecified atom stereocenters. The van der Waals surface area contributed by atoms with Crippen LogP contribution in [-0.4, -0.2) is 27.5 Å². The van der Waals surface area contributed by atoms with Crippen LogP contribution in [0.3, 0.4) is 0 Å². The number of amides is 3. The zero-order chi connectivity index (χ0) is 34.0. The molecule has 0 aliphatic carbocycles. The van der Waals surface area contributed by atoms with Gasteiger partial charge in [0.15, 0.2) is 0 Å². The van der Waals surface area contributed by atoms with Crippen LogP contribution in [-0.2, 0) is 32.5 Å². The van der Waals surface area contributed by atoms with Crippen molar-refractivity contribution < 1.29 is 27.6 Å². The molecule has 14 heteroatoms. The number of nitrogens with zero attached hydrogens (tertiary/aromatic N) is 2. The fraction of sp³-hybridized carbons (Fsp3) is 0.273. The largest absolute Gasteiger partial charge is 0.418 e. The quantitative estimate of drug-likeness (QED) is 0.212. The molecular weight excluding hydrogens is 694 g/mol. The Morgan fingerprint density at radius 1 is 0.915 bits per heavy atom. The van der Waals surface area contributed by atoms with Gasteiger partial charge in [-0.3, -0.25) is 23.7 Å². The first-order valence-electron chi connectivity index (χ1n) is 14.4. The van der Waals surface area contributed by atoms with E-state index >= 15 is 0 Å². The van der Waals surface area contributed by atoms with Crippen molar-refractivity contribution in [2.24, 2.45) is 5.92 Å². The fourth-order valence-corrected chi connectivity index (χ4v) is 8.94. The summed E-state index contributed by atoms with van der Waals surface area (Å²) in [5.74, 6) is -4.10. The number of para-hydroxylation sites is 1. The van der Waals surface area contributed by atoms with Crippen LogP contribution in [0.2, 0.25) is 10.0 Å². The van der Waals surface area contributed by atoms with E-state index in [-0.39, 0.29) is 10.4 Å². The highest BCUT2D eigenvalue weighted by Crippen LogP contribution is 2.54. The summed E-state index contributed by atoms with van der Waals surface area (Å²) >= 11 is 13.8. The Morgan fingerprint density at radius 2 is 1.60 bits per heavy atom. The number of halogens is 5. The second kappa shape index (κ2) is 12.1. The maximum absolute atomic E-state index is 14.1. The smallest absolute Gasteiger partial charge is 0.324 e. The van der Waals surface area contributed by atoms with Crippen molar-refractivity contribution in [1.82, 2.24) is 4.57 Å². The Labute approximate surface area is 285 Å². The highest BCUT2D eigenvalue weighted by Gasteiger charge is 2.57. The molecule has 0 radical (unpaired) electrons. The molecule has 7 nitrogen and oxygen atoms in total. The van der Waals surface area contributed by atoms with Gasteiger partial charge in [0.05, 0.1) is 32.2 Å². The Bertz CT molecular complexity index is 1990. The van der Waals surface area contributed by atoms with Crippen LogP contribution in [0.1, 0.15) is 48.3 Å². The molecule has 0 bridgehead atoms. The number of fused-ring (bicyclic) bond motifs is 2. The van der Waals surface area contributed by atoms with E-state index in [1.807, 2.05) is 45.0 Å². The first-order valence-corrected chi connectivity index (χ1v) is 16.8. The van der Waals surface area contributed by atoms with Crippen molar-refractivity contribution >= 4 is 75.4 Å². The number of carbonyl (C=O) groups excluding carboxylic acids is 3. The number of thioether (sulfide) groups is 1. The van der Waals surface area contributed by atoms with Crippen molar-refractivity contribution in [3.63, 3.8) is 0 Å². The molecule has 3 amide bonds. The number of hydrogen-bond donors (Lipinski definition) is 1. The minimum Gasteiger partial charge on any atom is -0.324 e. The van der Waals surface area contributed by atoms with Crippen LogP contribution in [0.4, 0.5) is 24.5 Å². The molecule has 6 rings (SSSR count). The third kappa shape index (κ3) is 6.12. The van der Waals surface area contributed by atoms with Crippen molar-refractivity contribution in [2.75, 3.05) is 10.2 Å². The van der Waals surface area contributed by atoms with Crippen LogP contribution in [0.15, 0.2) is 76.6 Å². The highest BCUT2D eigenvalue weighted by atomic mass is 35.5. The van der Waals surface area contributed by atoms with Crippen molar-refractivity contribution in [1.29, 1.82) is 0 Å². The number of alkyl halides is 3. The Balaban J connectivity index is 1.44. The summed E-state index contributed by atoms with van der Waals surface area (Å²) in [5.41, 5.74) is 0.122. The Kier molecular flexibility index (Phi) is 8.61. The summed E-state index contributed by atoms with van der Waals surface area (Å²) < 4.78 is 43.4.